The van der Waals surface area contributed by atoms with Crippen molar-refractivity contribution in [1.82, 2.24) is 4.57 Å². The van der Waals surface area contributed by atoms with Gasteiger partial charge in [-0.05, 0) is 83.0 Å². The topological polar surface area (TPSA) is 78.8 Å². The smallest absolute Gasteiger partial charge is 0.341 e. The fourth-order valence-corrected chi connectivity index (χ4v) is 5.86. The zero-order valence-corrected chi connectivity index (χ0v) is 23.6. The number of aromatic nitrogens is 1. The number of carbonyl (C=O) groups is 2. The average Bonchev–Trinajstić information content (AvgIpc) is 3.37. The van der Waals surface area contributed by atoms with Crippen molar-refractivity contribution in [3.05, 3.63) is 64.2 Å². The first-order valence-corrected chi connectivity index (χ1v) is 13.8. The lowest BCUT2D eigenvalue weighted by Gasteiger charge is -2.12. The highest BCUT2D eigenvalue weighted by atomic mass is 32.1. The molecule has 2 aromatic carbocycles. The summed E-state index contributed by atoms with van der Waals surface area (Å²) in [7, 11) is 0. The van der Waals surface area contributed by atoms with E-state index in [1.54, 1.807) is 6.92 Å². The van der Waals surface area contributed by atoms with E-state index in [4.69, 9.17) is 14.2 Å². The van der Waals surface area contributed by atoms with Gasteiger partial charge in [0.15, 0.2) is 0 Å². The van der Waals surface area contributed by atoms with Crippen molar-refractivity contribution in [2.24, 2.45) is 0 Å². The molecule has 38 heavy (non-hydrogen) atoms. The molecular weight excluding hydrogens is 500 g/mol. The summed E-state index contributed by atoms with van der Waals surface area (Å²) in [5, 5.41) is 4.48. The molecule has 0 aliphatic heterocycles. The summed E-state index contributed by atoms with van der Waals surface area (Å²) in [6.07, 6.45) is 0. The Kier molecular flexibility index (Phi) is 8.42. The quantitative estimate of drug-likeness (QED) is 0.217. The number of esters is 1. The number of fused-ring (bicyclic) bond motifs is 1. The van der Waals surface area contributed by atoms with Gasteiger partial charge in [0.1, 0.15) is 27.8 Å². The van der Waals surface area contributed by atoms with Gasteiger partial charge < -0.3 is 24.1 Å². The van der Waals surface area contributed by atoms with E-state index < -0.39 is 5.97 Å². The van der Waals surface area contributed by atoms with Crippen LogP contribution < -0.4 is 14.8 Å². The van der Waals surface area contributed by atoms with Crippen LogP contribution in [-0.2, 0) is 11.3 Å². The molecule has 200 valence electrons. The number of hydrogen-bond acceptors (Lipinski definition) is 6. The predicted molar refractivity (Wildman–Crippen MR) is 153 cm³/mol. The van der Waals surface area contributed by atoms with Crippen LogP contribution in [0.5, 0.6) is 11.5 Å². The molecule has 2 aromatic heterocycles. The summed E-state index contributed by atoms with van der Waals surface area (Å²) in [5.41, 5.74) is 4.34. The number of rotatable bonds is 10. The standard InChI is InChI=1S/C30H34N2O5S/c1-7-32-24-16-15-22(36-9-3)17-23(24)18(5)27(32)28(33)31-29-26(30(34)37-10-4)25(19(6)38-29)20-11-13-21(14-12-20)35-8-2/h11-17H,7-10H2,1-6H3,(H,31,33). The number of aryl methyl sites for hydroxylation is 3. The number of amides is 1. The van der Waals surface area contributed by atoms with Crippen LogP contribution in [0.15, 0.2) is 42.5 Å². The Labute approximate surface area is 227 Å². The number of ether oxygens (including phenoxy) is 3. The number of hydrogen-bond donors (Lipinski definition) is 1. The van der Waals surface area contributed by atoms with E-state index >= 15 is 0 Å². The number of benzene rings is 2. The molecule has 4 rings (SSSR count). The summed E-state index contributed by atoms with van der Waals surface area (Å²) in [4.78, 5) is 27.9. The Bertz CT molecular complexity index is 1470. The number of nitrogens with one attached hydrogen (secondary N) is 1. The van der Waals surface area contributed by atoms with Crippen molar-refractivity contribution in [3.8, 4) is 22.6 Å². The molecule has 0 saturated heterocycles. The van der Waals surface area contributed by atoms with Crippen LogP contribution in [0.3, 0.4) is 0 Å². The first-order valence-electron chi connectivity index (χ1n) is 12.9. The van der Waals surface area contributed by atoms with Gasteiger partial charge in [-0.3, -0.25) is 4.79 Å². The normalized spacial score (nSPS) is 11.0. The first kappa shape index (κ1) is 27.3. The Morgan fingerprint density at radius 2 is 1.55 bits per heavy atom. The third-order valence-electron chi connectivity index (χ3n) is 6.38. The summed E-state index contributed by atoms with van der Waals surface area (Å²) < 4.78 is 18.7. The van der Waals surface area contributed by atoms with Gasteiger partial charge in [0, 0.05) is 27.9 Å². The van der Waals surface area contributed by atoms with Gasteiger partial charge in [-0.1, -0.05) is 12.1 Å². The number of carbonyl (C=O) groups excluding carboxylic acids is 2. The Morgan fingerprint density at radius 1 is 0.895 bits per heavy atom. The molecule has 0 aliphatic carbocycles. The third kappa shape index (κ3) is 5.13. The van der Waals surface area contributed by atoms with E-state index in [1.807, 2.05) is 81.7 Å². The van der Waals surface area contributed by atoms with Crippen molar-refractivity contribution >= 4 is 39.1 Å². The molecule has 1 amide bonds. The number of anilines is 1. The maximum absolute atomic E-state index is 13.8. The van der Waals surface area contributed by atoms with Crippen molar-refractivity contribution in [2.45, 2.75) is 48.1 Å². The van der Waals surface area contributed by atoms with E-state index in [9.17, 15) is 9.59 Å². The van der Waals surface area contributed by atoms with Crippen LogP contribution in [0.4, 0.5) is 5.00 Å². The summed E-state index contributed by atoms with van der Waals surface area (Å²) in [5.74, 6) is 0.779. The van der Waals surface area contributed by atoms with Crippen molar-refractivity contribution in [3.63, 3.8) is 0 Å². The van der Waals surface area contributed by atoms with E-state index in [1.165, 1.54) is 11.3 Å². The van der Waals surface area contributed by atoms with Gasteiger partial charge in [0.2, 0.25) is 0 Å². The minimum absolute atomic E-state index is 0.231. The van der Waals surface area contributed by atoms with Crippen LogP contribution in [0.1, 0.15) is 59.0 Å². The Balaban J connectivity index is 1.78. The molecule has 0 bridgehead atoms. The van der Waals surface area contributed by atoms with Crippen LogP contribution in [0.25, 0.3) is 22.0 Å². The molecular formula is C30H34N2O5S. The molecule has 4 aromatic rings. The highest BCUT2D eigenvalue weighted by molar-refractivity contribution is 7.17. The number of nitrogens with zero attached hydrogens (tertiary/aromatic N) is 1. The lowest BCUT2D eigenvalue weighted by Crippen LogP contribution is -2.19. The molecule has 0 atom stereocenters. The van der Waals surface area contributed by atoms with Gasteiger partial charge >= 0.3 is 5.97 Å². The molecule has 0 saturated carbocycles. The summed E-state index contributed by atoms with van der Waals surface area (Å²) >= 11 is 1.37. The van der Waals surface area contributed by atoms with Gasteiger partial charge in [-0.2, -0.15) is 0 Å². The van der Waals surface area contributed by atoms with Gasteiger partial charge in [0.05, 0.1) is 19.8 Å². The fraction of sp³-hybridized carbons (Fsp3) is 0.333. The third-order valence-corrected chi connectivity index (χ3v) is 7.40. The van der Waals surface area contributed by atoms with E-state index in [-0.39, 0.29) is 12.5 Å². The molecule has 1 N–H and O–H groups in total. The van der Waals surface area contributed by atoms with Crippen LogP contribution in [0, 0.1) is 13.8 Å². The fourth-order valence-electron chi connectivity index (χ4n) is 4.80. The summed E-state index contributed by atoms with van der Waals surface area (Å²) in [6, 6.07) is 13.5. The summed E-state index contributed by atoms with van der Waals surface area (Å²) in [6.45, 7) is 13.5. The number of thiophene rings is 1. The minimum Gasteiger partial charge on any atom is -0.494 e. The lowest BCUT2D eigenvalue weighted by molar-refractivity contribution is 0.0529. The Morgan fingerprint density at radius 3 is 2.18 bits per heavy atom. The first-order chi connectivity index (χ1) is 18.3. The Hall–Kier alpha value is -3.78. The second-order valence-electron chi connectivity index (χ2n) is 8.70. The lowest BCUT2D eigenvalue weighted by atomic mass is 10.0. The zero-order valence-electron chi connectivity index (χ0n) is 22.8. The molecule has 0 spiro atoms. The molecule has 0 aliphatic rings. The van der Waals surface area contributed by atoms with E-state index in [2.05, 4.69) is 5.32 Å². The van der Waals surface area contributed by atoms with Gasteiger partial charge in [-0.15, -0.1) is 11.3 Å². The largest absolute Gasteiger partial charge is 0.494 e. The van der Waals surface area contributed by atoms with Crippen molar-refractivity contribution in [1.29, 1.82) is 0 Å². The molecule has 0 fully saturated rings. The molecule has 2 heterocycles. The maximum atomic E-state index is 13.8. The van der Waals surface area contributed by atoms with E-state index in [0.717, 1.165) is 44.0 Å². The van der Waals surface area contributed by atoms with Crippen molar-refractivity contribution < 1.29 is 23.8 Å². The zero-order chi connectivity index (χ0) is 27.4. The van der Waals surface area contributed by atoms with Crippen LogP contribution in [0.2, 0.25) is 0 Å². The monoisotopic (exact) mass is 534 g/mol. The second-order valence-corrected chi connectivity index (χ2v) is 9.92. The maximum Gasteiger partial charge on any atom is 0.341 e. The molecule has 0 unspecified atom stereocenters. The van der Waals surface area contributed by atoms with E-state index in [0.29, 0.717) is 36.0 Å². The molecule has 0 radical (unpaired) electrons. The average molecular weight is 535 g/mol. The molecule has 8 heteroatoms. The van der Waals surface area contributed by atoms with Crippen molar-refractivity contribution in [2.75, 3.05) is 25.1 Å². The van der Waals surface area contributed by atoms with Crippen LogP contribution >= 0.6 is 11.3 Å². The molecule has 7 nitrogen and oxygen atoms in total. The minimum atomic E-state index is -0.467. The highest BCUT2D eigenvalue weighted by Gasteiger charge is 2.28. The SMILES string of the molecule is CCOC(=O)c1c(NC(=O)c2c(C)c3cc(OCC)ccc3n2CC)sc(C)c1-c1ccc(OCC)cc1. The second kappa shape index (κ2) is 11.7. The highest BCUT2D eigenvalue weighted by Crippen LogP contribution is 2.41. The van der Waals surface area contributed by atoms with Gasteiger partial charge in [-0.25, -0.2) is 4.79 Å². The predicted octanol–water partition coefficient (Wildman–Crippen LogP) is 7.23. The van der Waals surface area contributed by atoms with Gasteiger partial charge in [0.25, 0.3) is 5.91 Å². The van der Waals surface area contributed by atoms with Crippen LogP contribution in [-0.4, -0.2) is 36.3 Å².